The van der Waals surface area contributed by atoms with E-state index in [1.165, 1.54) is 0 Å². The van der Waals surface area contributed by atoms with E-state index in [-0.39, 0.29) is 17.7 Å². The highest BCUT2D eigenvalue weighted by Gasteiger charge is 2.06. The van der Waals surface area contributed by atoms with Crippen LogP contribution < -0.4 is 4.74 Å². The molecule has 0 unspecified atom stereocenters. The fraction of sp³-hybridized carbons (Fsp3) is 0.500. The summed E-state index contributed by atoms with van der Waals surface area (Å²) >= 11 is 0. The monoisotopic (exact) mass is 211 g/mol. The third-order valence-corrected chi connectivity index (χ3v) is 2.26. The summed E-state index contributed by atoms with van der Waals surface area (Å²) in [7, 11) is 1.65. The fourth-order valence-electron chi connectivity index (χ4n) is 1.13. The molecule has 0 aromatic heterocycles. The molecule has 0 heterocycles. The molecule has 0 bridgehead atoms. The van der Waals surface area contributed by atoms with Crippen LogP contribution in [0.1, 0.15) is 18.9 Å². The smallest absolute Gasteiger partial charge is 0.168 e. The molecular formula is C12H16FO2. The van der Waals surface area contributed by atoms with Crippen LogP contribution >= 0.6 is 0 Å². The predicted molar refractivity (Wildman–Crippen MR) is 56.6 cm³/mol. The van der Waals surface area contributed by atoms with Crippen LogP contribution in [0, 0.1) is 18.8 Å². The average Bonchev–Trinajstić information content (AvgIpc) is 2.24. The van der Waals surface area contributed by atoms with Gasteiger partial charge in [0.05, 0.1) is 12.7 Å². The Labute approximate surface area is 90.0 Å². The van der Waals surface area contributed by atoms with Crippen molar-refractivity contribution in [2.45, 2.75) is 26.4 Å². The second-order valence-corrected chi connectivity index (χ2v) is 3.46. The molecule has 1 rings (SSSR count). The highest BCUT2D eigenvalue weighted by Crippen LogP contribution is 2.19. The first-order valence-corrected chi connectivity index (χ1v) is 4.97. The lowest BCUT2D eigenvalue weighted by Crippen LogP contribution is -2.11. The summed E-state index contributed by atoms with van der Waals surface area (Å²) in [5.41, 5.74) is 0.479. The van der Waals surface area contributed by atoms with Crippen molar-refractivity contribution in [1.82, 2.24) is 0 Å². The van der Waals surface area contributed by atoms with E-state index in [2.05, 4.69) is 6.07 Å². The summed E-state index contributed by atoms with van der Waals surface area (Å²) in [6.07, 6.45) is 0.873. The highest BCUT2D eigenvalue weighted by atomic mass is 19.1. The topological polar surface area (TPSA) is 18.5 Å². The maximum Gasteiger partial charge on any atom is 0.168 e. The lowest BCUT2D eigenvalue weighted by Gasteiger charge is -2.11. The van der Waals surface area contributed by atoms with Crippen LogP contribution in [-0.4, -0.2) is 19.8 Å². The number of rotatable bonds is 5. The number of hydrogen-bond donors (Lipinski definition) is 0. The lowest BCUT2D eigenvalue weighted by atomic mass is 10.2. The van der Waals surface area contributed by atoms with Gasteiger partial charge in [0, 0.05) is 13.5 Å². The molecule has 3 heteroatoms. The fourth-order valence-corrected chi connectivity index (χ4v) is 1.13. The van der Waals surface area contributed by atoms with Gasteiger partial charge < -0.3 is 9.47 Å². The summed E-state index contributed by atoms with van der Waals surface area (Å²) in [6, 6.07) is 6.01. The number of halogens is 1. The first kappa shape index (κ1) is 12.0. The lowest BCUT2D eigenvalue weighted by molar-refractivity contribution is 0.0948. The quantitative estimate of drug-likeness (QED) is 0.745. The molecule has 2 nitrogen and oxygen atoms in total. The Hall–Kier alpha value is -1.09. The van der Waals surface area contributed by atoms with Gasteiger partial charge in [0.15, 0.2) is 11.6 Å². The molecule has 0 aliphatic heterocycles. The van der Waals surface area contributed by atoms with Crippen molar-refractivity contribution < 1.29 is 13.9 Å². The molecule has 1 radical (unpaired) electrons. The van der Waals surface area contributed by atoms with E-state index in [4.69, 9.17) is 9.47 Å². The molecule has 0 saturated carbocycles. The second-order valence-electron chi connectivity index (χ2n) is 3.46. The van der Waals surface area contributed by atoms with E-state index in [1.807, 2.05) is 6.92 Å². The number of ether oxygens (including phenoxy) is 2. The van der Waals surface area contributed by atoms with Crippen molar-refractivity contribution in [3.63, 3.8) is 0 Å². The summed E-state index contributed by atoms with van der Waals surface area (Å²) in [6.45, 7) is 4.07. The third kappa shape index (κ3) is 3.51. The number of methoxy groups -OCH3 is 1. The summed E-state index contributed by atoms with van der Waals surface area (Å²) in [5, 5.41) is 0. The van der Waals surface area contributed by atoms with Crippen LogP contribution in [0.4, 0.5) is 4.39 Å². The highest BCUT2D eigenvalue weighted by molar-refractivity contribution is 5.29. The Kier molecular flexibility index (Phi) is 4.56. The number of benzene rings is 1. The van der Waals surface area contributed by atoms with E-state index in [0.717, 1.165) is 6.42 Å². The van der Waals surface area contributed by atoms with Gasteiger partial charge in [-0.05, 0) is 31.5 Å². The second kappa shape index (κ2) is 5.71. The molecule has 0 fully saturated rings. The minimum absolute atomic E-state index is 0.129. The van der Waals surface area contributed by atoms with Crippen molar-refractivity contribution in [3.8, 4) is 5.75 Å². The Morgan fingerprint density at radius 2 is 2.27 bits per heavy atom. The van der Waals surface area contributed by atoms with Crippen molar-refractivity contribution in [3.05, 3.63) is 29.6 Å². The molecule has 0 saturated heterocycles. The predicted octanol–water partition coefficient (Wildman–Crippen LogP) is 2.74. The van der Waals surface area contributed by atoms with Gasteiger partial charge in [-0.2, -0.15) is 0 Å². The Bertz CT molecular complexity index is 312. The van der Waals surface area contributed by atoms with Gasteiger partial charge in [-0.25, -0.2) is 4.39 Å². The maximum atomic E-state index is 13.4. The van der Waals surface area contributed by atoms with Crippen LogP contribution in [-0.2, 0) is 4.74 Å². The standard InChI is InChI=1S/C12H16FO2/c1-9-5-4-6-11(12(9)13)15-8-7-10(2)14-3/h4,6,10H,7-8H2,1-3H3/t10-/m1/s1. The van der Waals surface area contributed by atoms with Gasteiger partial charge in [0.25, 0.3) is 0 Å². The van der Waals surface area contributed by atoms with E-state index >= 15 is 0 Å². The SMILES string of the molecule is CO[C@H](C)CCOc1cc[c]c(C)c1F. The van der Waals surface area contributed by atoms with E-state index in [9.17, 15) is 4.39 Å². The van der Waals surface area contributed by atoms with Crippen LogP contribution in [0.2, 0.25) is 0 Å². The molecule has 1 aromatic carbocycles. The van der Waals surface area contributed by atoms with Gasteiger partial charge in [0.2, 0.25) is 0 Å². The van der Waals surface area contributed by atoms with Crippen molar-refractivity contribution in [2.24, 2.45) is 0 Å². The molecule has 0 aliphatic carbocycles. The molecule has 0 aliphatic rings. The zero-order valence-electron chi connectivity index (χ0n) is 9.34. The molecular weight excluding hydrogens is 195 g/mol. The largest absolute Gasteiger partial charge is 0.490 e. The molecule has 0 amide bonds. The van der Waals surface area contributed by atoms with Crippen LogP contribution in [0.3, 0.4) is 0 Å². The van der Waals surface area contributed by atoms with Gasteiger partial charge in [0.1, 0.15) is 0 Å². The maximum absolute atomic E-state index is 13.4. The Balaban J connectivity index is 2.47. The number of aryl methyl sites for hydroxylation is 1. The Morgan fingerprint density at radius 1 is 1.53 bits per heavy atom. The zero-order valence-corrected chi connectivity index (χ0v) is 9.34. The molecule has 0 spiro atoms. The minimum Gasteiger partial charge on any atom is -0.490 e. The van der Waals surface area contributed by atoms with E-state index in [1.54, 1.807) is 26.2 Å². The average molecular weight is 211 g/mol. The minimum atomic E-state index is -0.331. The molecule has 1 atom stereocenters. The summed E-state index contributed by atoms with van der Waals surface area (Å²) in [5.74, 6) is -0.0443. The first-order valence-electron chi connectivity index (χ1n) is 4.97. The van der Waals surface area contributed by atoms with Crippen LogP contribution in [0.5, 0.6) is 5.75 Å². The Morgan fingerprint density at radius 3 is 2.93 bits per heavy atom. The molecule has 15 heavy (non-hydrogen) atoms. The third-order valence-electron chi connectivity index (χ3n) is 2.26. The molecule has 0 N–H and O–H groups in total. The normalized spacial score (nSPS) is 12.5. The van der Waals surface area contributed by atoms with Crippen molar-refractivity contribution >= 4 is 0 Å². The van der Waals surface area contributed by atoms with Gasteiger partial charge in [-0.3, -0.25) is 0 Å². The summed E-state index contributed by atoms with van der Waals surface area (Å²) < 4.78 is 23.8. The van der Waals surface area contributed by atoms with Gasteiger partial charge >= 0.3 is 0 Å². The van der Waals surface area contributed by atoms with E-state index in [0.29, 0.717) is 12.2 Å². The molecule has 1 aromatic rings. The van der Waals surface area contributed by atoms with Gasteiger partial charge in [-0.1, -0.05) is 6.07 Å². The van der Waals surface area contributed by atoms with E-state index < -0.39 is 0 Å². The van der Waals surface area contributed by atoms with Crippen LogP contribution in [0.25, 0.3) is 0 Å². The van der Waals surface area contributed by atoms with Gasteiger partial charge in [-0.15, -0.1) is 0 Å². The van der Waals surface area contributed by atoms with Crippen LogP contribution in [0.15, 0.2) is 12.1 Å². The molecule has 83 valence electrons. The number of hydrogen-bond acceptors (Lipinski definition) is 2. The summed E-state index contributed by atoms with van der Waals surface area (Å²) in [4.78, 5) is 0. The first-order chi connectivity index (χ1) is 7.15. The zero-order chi connectivity index (χ0) is 11.3. The van der Waals surface area contributed by atoms with Crippen molar-refractivity contribution in [1.29, 1.82) is 0 Å². The van der Waals surface area contributed by atoms with Crippen molar-refractivity contribution in [2.75, 3.05) is 13.7 Å².